The van der Waals surface area contributed by atoms with E-state index in [9.17, 15) is 4.79 Å². The van der Waals surface area contributed by atoms with E-state index in [0.29, 0.717) is 35.2 Å². The van der Waals surface area contributed by atoms with Gasteiger partial charge in [-0.25, -0.2) is 0 Å². The minimum atomic E-state index is -0.116. The summed E-state index contributed by atoms with van der Waals surface area (Å²) in [6.45, 7) is 2.44. The molecule has 0 radical (unpaired) electrons. The number of halogens is 1. The topological polar surface area (TPSA) is 50.8 Å². The Morgan fingerprint density at radius 3 is 2.83 bits per heavy atom. The Balaban J connectivity index is 1.27. The van der Waals surface area contributed by atoms with Gasteiger partial charge in [0.15, 0.2) is 0 Å². The lowest BCUT2D eigenvalue weighted by atomic mass is 9.68. The number of nitrogens with zero attached hydrogens (tertiary/aromatic N) is 1. The van der Waals surface area contributed by atoms with Crippen molar-refractivity contribution in [3.05, 3.63) is 70.3 Å². The number of aryl methyl sites for hydroxylation is 1. The van der Waals surface area contributed by atoms with E-state index in [4.69, 9.17) is 21.1 Å². The number of methoxy groups -OCH3 is 1. The van der Waals surface area contributed by atoms with Crippen molar-refractivity contribution < 1.29 is 14.3 Å². The first-order chi connectivity index (χ1) is 19.5. The van der Waals surface area contributed by atoms with Gasteiger partial charge in [0.1, 0.15) is 5.75 Å². The van der Waals surface area contributed by atoms with E-state index in [1.165, 1.54) is 30.4 Å². The molecule has 2 aliphatic heterocycles. The van der Waals surface area contributed by atoms with Crippen LogP contribution in [-0.2, 0) is 16.6 Å². The van der Waals surface area contributed by atoms with Gasteiger partial charge < -0.3 is 14.4 Å². The van der Waals surface area contributed by atoms with Gasteiger partial charge in [0.25, 0.3) is 5.91 Å². The summed E-state index contributed by atoms with van der Waals surface area (Å²) in [4.78, 5) is 15.9. The lowest BCUT2D eigenvalue weighted by molar-refractivity contribution is 0.0131. The van der Waals surface area contributed by atoms with Gasteiger partial charge in [-0.3, -0.25) is 9.52 Å². The van der Waals surface area contributed by atoms with Crippen LogP contribution in [0.4, 0.5) is 5.69 Å². The van der Waals surface area contributed by atoms with Crippen LogP contribution < -0.4 is 14.4 Å². The number of carbonyl (C=O) groups excluding carboxylic acids is 1. The second-order valence-electron chi connectivity index (χ2n) is 12.6. The first kappa shape index (κ1) is 26.7. The monoisotopic (exact) mass is 578 g/mol. The smallest absolute Gasteiger partial charge is 0.261 e. The maximum Gasteiger partial charge on any atom is 0.261 e. The average molecular weight is 579 g/mol. The summed E-state index contributed by atoms with van der Waals surface area (Å²) in [5, 5.41) is 1.27. The van der Waals surface area contributed by atoms with Crippen molar-refractivity contribution in [1.29, 1.82) is 0 Å². The van der Waals surface area contributed by atoms with Gasteiger partial charge in [-0.05, 0) is 123 Å². The van der Waals surface area contributed by atoms with Crippen LogP contribution >= 0.6 is 23.5 Å². The van der Waals surface area contributed by atoms with Gasteiger partial charge >= 0.3 is 0 Å². The molecule has 2 saturated carbocycles. The van der Waals surface area contributed by atoms with E-state index in [1.54, 1.807) is 11.9 Å². The summed E-state index contributed by atoms with van der Waals surface area (Å²) < 4.78 is 15.9. The molecule has 3 aliphatic carbocycles. The van der Waals surface area contributed by atoms with E-state index in [0.717, 1.165) is 61.7 Å². The molecular weight excluding hydrogens is 540 g/mol. The Morgan fingerprint density at radius 2 is 2.02 bits per heavy atom. The summed E-state index contributed by atoms with van der Waals surface area (Å²) in [5.74, 6) is 2.51. The number of hydrogen-bond donors (Lipinski definition) is 1. The van der Waals surface area contributed by atoms with E-state index in [-0.39, 0.29) is 17.4 Å². The molecule has 40 heavy (non-hydrogen) atoms. The molecule has 0 unspecified atom stereocenters. The molecule has 2 fully saturated rings. The quantitative estimate of drug-likeness (QED) is 0.292. The van der Waals surface area contributed by atoms with Crippen LogP contribution in [0.1, 0.15) is 66.4 Å². The molecule has 2 heterocycles. The predicted octanol–water partition coefficient (Wildman–Crippen LogP) is 6.97. The first-order valence-electron chi connectivity index (χ1n) is 15.0. The molecule has 212 valence electrons. The molecule has 5 nitrogen and oxygen atoms in total. The highest BCUT2D eigenvalue weighted by molar-refractivity contribution is 7.98. The maximum atomic E-state index is 13.3. The van der Waals surface area contributed by atoms with Crippen LogP contribution in [0, 0.1) is 17.8 Å². The van der Waals surface area contributed by atoms with Crippen molar-refractivity contribution in [2.75, 3.05) is 31.7 Å². The fourth-order valence-corrected chi connectivity index (χ4v) is 8.99. The van der Waals surface area contributed by atoms with Crippen molar-refractivity contribution in [1.82, 2.24) is 4.72 Å². The third kappa shape index (κ3) is 4.84. The Bertz CT molecular complexity index is 1320. The number of benzene rings is 2. The summed E-state index contributed by atoms with van der Waals surface area (Å²) in [5.41, 5.74) is 4.35. The fourth-order valence-electron chi connectivity index (χ4n) is 7.73. The molecule has 0 saturated heterocycles. The van der Waals surface area contributed by atoms with Crippen molar-refractivity contribution in [3.63, 3.8) is 0 Å². The zero-order valence-corrected chi connectivity index (χ0v) is 24.8. The highest BCUT2D eigenvalue weighted by atomic mass is 35.5. The number of allylic oxidation sites excluding steroid dienone is 1. The second kappa shape index (κ2) is 10.9. The Hall–Kier alpha value is -2.15. The normalized spacial score (nSPS) is 34.1. The number of amides is 1. The van der Waals surface area contributed by atoms with E-state index in [2.05, 4.69) is 40.0 Å². The van der Waals surface area contributed by atoms with Gasteiger partial charge in [0.05, 0.1) is 18.4 Å². The van der Waals surface area contributed by atoms with Crippen LogP contribution in [0.5, 0.6) is 5.75 Å². The van der Waals surface area contributed by atoms with Gasteiger partial charge in [0.2, 0.25) is 0 Å². The highest BCUT2D eigenvalue weighted by Crippen LogP contribution is 2.47. The molecule has 2 aromatic carbocycles. The summed E-state index contributed by atoms with van der Waals surface area (Å²) in [7, 11) is 1.86. The predicted molar refractivity (Wildman–Crippen MR) is 163 cm³/mol. The Labute approximate surface area is 247 Å². The fraction of sp³-hybridized carbons (Fsp3) is 0.545. The van der Waals surface area contributed by atoms with Crippen molar-refractivity contribution in [2.45, 2.75) is 68.1 Å². The van der Waals surface area contributed by atoms with Gasteiger partial charge in [-0.15, -0.1) is 0 Å². The third-order valence-electron chi connectivity index (χ3n) is 10.3. The van der Waals surface area contributed by atoms with Gasteiger partial charge in [-0.1, -0.05) is 29.8 Å². The van der Waals surface area contributed by atoms with Crippen molar-refractivity contribution >= 4 is 35.1 Å². The molecule has 7 heteroatoms. The summed E-state index contributed by atoms with van der Waals surface area (Å²) in [6, 6.07) is 12.4. The summed E-state index contributed by atoms with van der Waals surface area (Å²) in [6.07, 6.45) is 13.9. The van der Waals surface area contributed by atoms with E-state index >= 15 is 0 Å². The van der Waals surface area contributed by atoms with Crippen LogP contribution in [0.25, 0.3) is 0 Å². The van der Waals surface area contributed by atoms with Crippen LogP contribution in [-0.4, -0.2) is 44.1 Å². The molecule has 7 rings (SSSR count). The van der Waals surface area contributed by atoms with Crippen molar-refractivity contribution in [3.8, 4) is 5.75 Å². The molecule has 5 aliphatic rings. The van der Waals surface area contributed by atoms with Gasteiger partial charge in [-0.2, -0.15) is 0 Å². The molecule has 2 aromatic rings. The lowest BCUT2D eigenvalue weighted by Gasteiger charge is -2.46. The molecule has 6 atom stereocenters. The van der Waals surface area contributed by atoms with Crippen LogP contribution in [0.3, 0.4) is 0 Å². The number of nitrogens with one attached hydrogen (secondary N) is 1. The SMILES string of the molecule is CO[C@H]1/C=C/C[C@H]2CC[C@@H]2SNC(=O)c2ccc3c(c2)N(C[C@@H]2CC[C@H]21)C[C@@]1(CCCc2cc(Cl)ccc21)CO3. The first-order valence-corrected chi connectivity index (χ1v) is 16.2. The number of ether oxygens (including phenoxy) is 2. The number of anilines is 1. The largest absolute Gasteiger partial charge is 0.490 e. The Kier molecular flexibility index (Phi) is 7.30. The number of carbonyl (C=O) groups is 1. The lowest BCUT2D eigenvalue weighted by Crippen LogP contribution is -2.49. The molecule has 1 N–H and O–H groups in total. The van der Waals surface area contributed by atoms with Crippen molar-refractivity contribution in [2.24, 2.45) is 17.8 Å². The minimum absolute atomic E-state index is 0.0152. The maximum absolute atomic E-state index is 13.3. The zero-order valence-electron chi connectivity index (χ0n) is 23.2. The standard InChI is InChI=1S/C33H39ClN2O3S/c1-38-29-6-2-4-21-9-14-31(21)40-35-32(37)23-8-13-30-28(17-23)36(18-24-7-11-26(24)29)19-33(20-39-30)15-3-5-22-16-25(34)10-12-27(22)33/h2,6,8,10,12-13,16-17,21,24,26,29,31H,3-5,7,9,11,14-15,18-20H2,1H3,(H,35,37)/b6-2+/t21-,24-,26+,29-,31-,33-/m0/s1. The summed E-state index contributed by atoms with van der Waals surface area (Å²) >= 11 is 8.03. The zero-order chi connectivity index (χ0) is 27.3. The number of hydrogen-bond acceptors (Lipinski definition) is 5. The molecular formula is C33H39ClN2O3S. The molecule has 0 aromatic heterocycles. The van der Waals surface area contributed by atoms with Crippen LogP contribution in [0.2, 0.25) is 5.02 Å². The van der Waals surface area contributed by atoms with E-state index in [1.807, 2.05) is 25.3 Å². The molecule has 1 spiro atoms. The second-order valence-corrected chi connectivity index (χ2v) is 14.1. The number of fused-ring (bicyclic) bond motifs is 5. The molecule has 1 amide bonds. The number of rotatable bonds is 1. The molecule has 2 bridgehead atoms. The van der Waals surface area contributed by atoms with E-state index < -0.39 is 0 Å². The van der Waals surface area contributed by atoms with Crippen LogP contribution in [0.15, 0.2) is 48.6 Å². The minimum Gasteiger partial charge on any atom is -0.490 e. The average Bonchev–Trinajstić information content (AvgIpc) is 3.08. The van der Waals surface area contributed by atoms with Gasteiger partial charge in [0, 0.05) is 41.5 Å². The Morgan fingerprint density at radius 1 is 1.12 bits per heavy atom. The third-order valence-corrected chi connectivity index (χ3v) is 11.8. The highest BCUT2D eigenvalue weighted by Gasteiger charge is 2.44.